The molecule has 0 unspecified atom stereocenters. The molecule has 0 radical (unpaired) electrons. The van der Waals surface area contributed by atoms with E-state index >= 15 is 0 Å². The number of hydrogen-bond donors (Lipinski definition) is 1. The highest BCUT2D eigenvalue weighted by atomic mass is 35.5. The first-order chi connectivity index (χ1) is 18.8. The zero-order valence-electron chi connectivity index (χ0n) is 23.9. The first kappa shape index (κ1) is 31.2. The normalized spacial score (nSPS) is 12.2. The lowest BCUT2D eigenvalue weighted by atomic mass is 10.1. The van der Waals surface area contributed by atoms with E-state index < -0.39 is 28.5 Å². The monoisotopic (exact) mass is 583 g/mol. The van der Waals surface area contributed by atoms with E-state index in [4.69, 9.17) is 11.6 Å². The summed E-state index contributed by atoms with van der Waals surface area (Å²) in [5.74, 6) is -0.600. The van der Waals surface area contributed by atoms with Crippen molar-refractivity contribution in [1.29, 1.82) is 0 Å². The fourth-order valence-corrected chi connectivity index (χ4v) is 5.73. The standard InChI is InChI=1S/C31H38ClN3O4S/c1-21(2)18-33-31(37)25(6)34(19-26-8-7-9-27(32)17-26)30(36)20-35(28-13-12-23(4)24(5)16-28)40(38,39)29-14-10-22(3)11-15-29/h7-17,21,25H,18-20H2,1-6H3,(H,33,37)/t25-/m1/s1. The highest BCUT2D eigenvalue weighted by molar-refractivity contribution is 7.92. The van der Waals surface area contributed by atoms with Crippen molar-refractivity contribution in [3.8, 4) is 0 Å². The lowest BCUT2D eigenvalue weighted by molar-refractivity contribution is -0.139. The number of nitrogens with one attached hydrogen (secondary N) is 1. The lowest BCUT2D eigenvalue weighted by Gasteiger charge is -2.32. The topological polar surface area (TPSA) is 86.8 Å². The number of sulfonamides is 1. The number of hydrogen-bond acceptors (Lipinski definition) is 4. The minimum atomic E-state index is -4.11. The lowest BCUT2D eigenvalue weighted by Crippen LogP contribution is -2.51. The first-order valence-electron chi connectivity index (χ1n) is 13.3. The van der Waals surface area contributed by atoms with Gasteiger partial charge in [-0.25, -0.2) is 8.42 Å². The van der Waals surface area contributed by atoms with Gasteiger partial charge in [0.1, 0.15) is 12.6 Å². The van der Waals surface area contributed by atoms with Gasteiger partial charge in [-0.2, -0.15) is 0 Å². The maximum Gasteiger partial charge on any atom is 0.264 e. The van der Waals surface area contributed by atoms with E-state index in [1.165, 1.54) is 17.0 Å². The molecule has 0 aliphatic rings. The summed E-state index contributed by atoms with van der Waals surface area (Å²) < 4.78 is 29.0. The van der Waals surface area contributed by atoms with Crippen molar-refractivity contribution in [2.75, 3.05) is 17.4 Å². The van der Waals surface area contributed by atoms with Crippen molar-refractivity contribution < 1.29 is 18.0 Å². The van der Waals surface area contributed by atoms with Crippen LogP contribution in [0.2, 0.25) is 5.02 Å². The van der Waals surface area contributed by atoms with Crippen LogP contribution >= 0.6 is 11.6 Å². The Hall–Kier alpha value is -3.36. The average Bonchev–Trinajstić information content (AvgIpc) is 2.90. The van der Waals surface area contributed by atoms with Gasteiger partial charge in [-0.3, -0.25) is 13.9 Å². The number of rotatable bonds is 11. The third kappa shape index (κ3) is 7.86. The van der Waals surface area contributed by atoms with Gasteiger partial charge in [0.15, 0.2) is 0 Å². The van der Waals surface area contributed by atoms with E-state index in [9.17, 15) is 18.0 Å². The summed E-state index contributed by atoms with van der Waals surface area (Å²) in [6, 6.07) is 18.0. The molecule has 0 spiro atoms. The summed E-state index contributed by atoms with van der Waals surface area (Å²) in [5, 5.41) is 3.38. The molecule has 0 aliphatic carbocycles. The molecular weight excluding hydrogens is 546 g/mol. The molecule has 214 valence electrons. The van der Waals surface area contributed by atoms with Crippen molar-refractivity contribution in [1.82, 2.24) is 10.2 Å². The highest BCUT2D eigenvalue weighted by Crippen LogP contribution is 2.27. The molecule has 3 rings (SSSR count). The number of amides is 2. The molecule has 40 heavy (non-hydrogen) atoms. The number of aryl methyl sites for hydroxylation is 3. The van der Waals surface area contributed by atoms with Gasteiger partial charge in [-0.15, -0.1) is 0 Å². The number of carbonyl (C=O) groups excluding carboxylic acids is 2. The third-order valence-electron chi connectivity index (χ3n) is 6.76. The average molecular weight is 584 g/mol. The van der Waals surface area contributed by atoms with Gasteiger partial charge >= 0.3 is 0 Å². The Morgan fingerprint density at radius 3 is 2.17 bits per heavy atom. The molecule has 2 amide bonds. The minimum absolute atomic E-state index is 0.0771. The van der Waals surface area contributed by atoms with Gasteiger partial charge in [0.05, 0.1) is 10.6 Å². The van der Waals surface area contributed by atoms with Crippen molar-refractivity contribution in [3.05, 3.63) is 94.0 Å². The maximum absolute atomic E-state index is 14.0. The fraction of sp³-hybridized carbons (Fsp3) is 0.355. The fourth-order valence-electron chi connectivity index (χ4n) is 4.11. The first-order valence-corrected chi connectivity index (χ1v) is 15.1. The maximum atomic E-state index is 14.0. The van der Waals surface area contributed by atoms with Gasteiger partial charge in [0, 0.05) is 18.1 Å². The molecule has 1 atom stereocenters. The van der Waals surface area contributed by atoms with E-state index in [1.54, 1.807) is 49.4 Å². The number of anilines is 1. The second-order valence-corrected chi connectivity index (χ2v) is 12.9. The van der Waals surface area contributed by atoms with Crippen LogP contribution in [0.5, 0.6) is 0 Å². The molecule has 3 aromatic carbocycles. The molecular formula is C31H38ClN3O4S. The number of carbonyl (C=O) groups is 2. The quantitative estimate of drug-likeness (QED) is 0.316. The molecule has 0 heterocycles. The Bertz CT molecular complexity index is 1460. The largest absolute Gasteiger partial charge is 0.354 e. The van der Waals surface area contributed by atoms with Crippen LogP contribution in [0, 0.1) is 26.7 Å². The molecule has 0 saturated carbocycles. The predicted molar refractivity (Wildman–Crippen MR) is 161 cm³/mol. The molecule has 9 heteroatoms. The van der Waals surface area contributed by atoms with Crippen molar-refractivity contribution in [2.24, 2.45) is 5.92 Å². The Morgan fingerprint density at radius 2 is 1.57 bits per heavy atom. The van der Waals surface area contributed by atoms with Crippen LogP contribution in [0.1, 0.15) is 43.0 Å². The van der Waals surface area contributed by atoms with Crippen LogP contribution in [0.25, 0.3) is 0 Å². The second-order valence-electron chi connectivity index (χ2n) is 10.6. The summed E-state index contributed by atoms with van der Waals surface area (Å²) in [6.07, 6.45) is 0. The summed E-state index contributed by atoms with van der Waals surface area (Å²) in [4.78, 5) is 28.5. The van der Waals surface area contributed by atoms with Crippen LogP contribution in [0.4, 0.5) is 5.69 Å². The predicted octanol–water partition coefficient (Wildman–Crippen LogP) is 5.65. The highest BCUT2D eigenvalue weighted by Gasteiger charge is 2.32. The van der Waals surface area contributed by atoms with Crippen LogP contribution in [-0.2, 0) is 26.2 Å². The summed E-state index contributed by atoms with van der Waals surface area (Å²) >= 11 is 6.19. The molecule has 0 aromatic heterocycles. The number of halogens is 1. The number of nitrogens with zero attached hydrogens (tertiary/aromatic N) is 2. The molecule has 0 fully saturated rings. The molecule has 3 aromatic rings. The summed E-state index contributed by atoms with van der Waals surface area (Å²) in [6.45, 7) is 11.4. The summed E-state index contributed by atoms with van der Waals surface area (Å²) in [5.41, 5.74) is 3.91. The van der Waals surface area contributed by atoms with Gasteiger partial charge in [0.2, 0.25) is 11.8 Å². The van der Waals surface area contributed by atoms with Crippen molar-refractivity contribution in [3.63, 3.8) is 0 Å². The van der Waals surface area contributed by atoms with Crippen molar-refractivity contribution >= 4 is 39.1 Å². The van der Waals surface area contributed by atoms with Gasteiger partial charge in [-0.05, 0) is 86.7 Å². The van der Waals surface area contributed by atoms with E-state index in [0.29, 0.717) is 17.3 Å². The Morgan fingerprint density at radius 1 is 0.900 bits per heavy atom. The third-order valence-corrected chi connectivity index (χ3v) is 8.78. The second kappa shape index (κ2) is 13.3. The molecule has 0 saturated heterocycles. The summed E-state index contributed by atoms with van der Waals surface area (Å²) in [7, 11) is -4.11. The van der Waals surface area contributed by atoms with Gasteiger partial charge < -0.3 is 10.2 Å². The van der Waals surface area contributed by atoms with Crippen molar-refractivity contribution in [2.45, 2.75) is 59.0 Å². The van der Waals surface area contributed by atoms with E-state index in [2.05, 4.69) is 5.32 Å². The van der Waals surface area contributed by atoms with E-state index in [1.807, 2.05) is 46.8 Å². The van der Waals surface area contributed by atoms with Crippen LogP contribution in [-0.4, -0.2) is 44.3 Å². The van der Waals surface area contributed by atoms with Gasteiger partial charge in [0.25, 0.3) is 10.0 Å². The van der Waals surface area contributed by atoms with E-state index in [0.717, 1.165) is 26.6 Å². The zero-order valence-corrected chi connectivity index (χ0v) is 25.5. The molecule has 1 N–H and O–H groups in total. The minimum Gasteiger partial charge on any atom is -0.354 e. The SMILES string of the molecule is Cc1ccc(S(=O)(=O)N(CC(=O)N(Cc2cccc(Cl)c2)[C@H](C)C(=O)NCC(C)C)c2ccc(C)c(C)c2)cc1. The molecule has 0 bridgehead atoms. The Balaban J connectivity index is 2.04. The molecule has 7 nitrogen and oxygen atoms in total. The molecule has 0 aliphatic heterocycles. The van der Waals surface area contributed by atoms with Gasteiger partial charge in [-0.1, -0.05) is 61.3 Å². The van der Waals surface area contributed by atoms with E-state index in [-0.39, 0.29) is 23.3 Å². The zero-order chi connectivity index (χ0) is 29.6. The smallest absolute Gasteiger partial charge is 0.264 e. The Kier molecular flexibility index (Phi) is 10.4. The van der Waals surface area contributed by atoms with Crippen LogP contribution in [0.15, 0.2) is 71.6 Å². The number of benzene rings is 3. The van der Waals surface area contributed by atoms with Crippen LogP contribution < -0.4 is 9.62 Å². The Labute approximate surface area is 243 Å². The van der Waals surface area contributed by atoms with Crippen LogP contribution in [0.3, 0.4) is 0 Å².